The van der Waals surface area contributed by atoms with E-state index in [4.69, 9.17) is 28.9 Å². The summed E-state index contributed by atoms with van der Waals surface area (Å²) in [5.74, 6) is 0. The number of nitrogens with one attached hydrogen (secondary N) is 1. The maximum atomic E-state index is 5.90. The minimum absolute atomic E-state index is 0.602. The van der Waals surface area contributed by atoms with E-state index in [0.717, 1.165) is 17.1 Å². The number of halogens is 2. The second-order valence-electron chi connectivity index (χ2n) is 3.41. The number of hydrogen-bond donors (Lipinski definition) is 2. The van der Waals surface area contributed by atoms with Crippen molar-refractivity contribution in [3.63, 3.8) is 0 Å². The molecule has 2 aromatic carbocycles. The molecule has 0 radical (unpaired) electrons. The fourth-order valence-electron chi connectivity index (χ4n) is 1.36. The molecule has 0 saturated carbocycles. The first kappa shape index (κ1) is 11.1. The van der Waals surface area contributed by atoms with Crippen molar-refractivity contribution in [1.82, 2.24) is 0 Å². The van der Waals surface area contributed by atoms with Crippen LogP contribution in [0.25, 0.3) is 0 Å². The summed E-state index contributed by atoms with van der Waals surface area (Å²) >= 11 is 11.8. The molecular weight excluding hydrogens is 243 g/mol. The minimum Gasteiger partial charge on any atom is -0.399 e. The maximum Gasteiger partial charge on any atom is 0.0441 e. The molecule has 0 heterocycles. The molecule has 0 bridgehead atoms. The normalized spacial score (nSPS) is 10.1. The maximum absolute atomic E-state index is 5.90. The van der Waals surface area contributed by atoms with Gasteiger partial charge >= 0.3 is 0 Å². The molecule has 0 atom stereocenters. The van der Waals surface area contributed by atoms with Gasteiger partial charge < -0.3 is 11.1 Å². The Labute approximate surface area is 104 Å². The van der Waals surface area contributed by atoms with Crippen LogP contribution in [0, 0.1) is 0 Å². The molecule has 2 rings (SSSR count). The van der Waals surface area contributed by atoms with Gasteiger partial charge in [-0.3, -0.25) is 0 Å². The molecule has 16 heavy (non-hydrogen) atoms. The summed E-state index contributed by atoms with van der Waals surface area (Å²) in [6.07, 6.45) is 0. The van der Waals surface area contributed by atoms with Gasteiger partial charge in [-0.15, -0.1) is 0 Å². The summed E-state index contributed by atoms with van der Waals surface area (Å²) in [7, 11) is 0. The molecule has 0 spiro atoms. The Morgan fingerprint density at radius 1 is 0.812 bits per heavy atom. The van der Waals surface area contributed by atoms with Crippen molar-refractivity contribution >= 4 is 40.3 Å². The topological polar surface area (TPSA) is 38.0 Å². The molecule has 3 N–H and O–H groups in total. The fraction of sp³-hybridized carbons (Fsp3) is 0. The van der Waals surface area contributed by atoms with Gasteiger partial charge in [0, 0.05) is 27.1 Å². The molecule has 4 heteroatoms. The summed E-state index contributed by atoms with van der Waals surface area (Å²) in [5.41, 5.74) is 8.12. The molecule has 0 aliphatic rings. The van der Waals surface area contributed by atoms with E-state index in [1.54, 1.807) is 6.07 Å². The summed E-state index contributed by atoms with van der Waals surface area (Å²) in [6.45, 7) is 0. The monoisotopic (exact) mass is 252 g/mol. The third kappa shape index (κ3) is 2.81. The van der Waals surface area contributed by atoms with Crippen molar-refractivity contribution < 1.29 is 0 Å². The summed E-state index contributed by atoms with van der Waals surface area (Å²) in [4.78, 5) is 0. The average molecular weight is 253 g/mol. The number of hydrogen-bond acceptors (Lipinski definition) is 2. The van der Waals surface area contributed by atoms with Gasteiger partial charge in [0.25, 0.3) is 0 Å². The summed E-state index contributed by atoms with van der Waals surface area (Å²) < 4.78 is 0. The predicted molar refractivity (Wildman–Crippen MR) is 70.6 cm³/mol. The Hall–Kier alpha value is -1.38. The lowest BCUT2D eigenvalue weighted by Gasteiger charge is -2.07. The first-order valence-corrected chi connectivity index (χ1v) is 5.48. The smallest absolute Gasteiger partial charge is 0.0441 e. The second-order valence-corrected chi connectivity index (χ2v) is 4.28. The van der Waals surface area contributed by atoms with E-state index in [9.17, 15) is 0 Å². The van der Waals surface area contributed by atoms with Crippen molar-refractivity contribution in [3.05, 3.63) is 52.5 Å². The van der Waals surface area contributed by atoms with E-state index in [-0.39, 0.29) is 0 Å². The van der Waals surface area contributed by atoms with E-state index < -0.39 is 0 Å². The van der Waals surface area contributed by atoms with Crippen LogP contribution in [0.1, 0.15) is 0 Å². The number of anilines is 3. The molecule has 2 aromatic rings. The number of nitrogen functional groups attached to an aromatic ring is 1. The van der Waals surface area contributed by atoms with Crippen molar-refractivity contribution in [2.24, 2.45) is 0 Å². The van der Waals surface area contributed by atoms with E-state index in [1.165, 1.54) is 0 Å². The Kier molecular flexibility index (Phi) is 3.22. The SMILES string of the molecule is Nc1ccc(Nc2cc(Cl)cc(Cl)c2)cc1. The summed E-state index contributed by atoms with van der Waals surface area (Å²) in [6, 6.07) is 12.8. The highest BCUT2D eigenvalue weighted by Gasteiger charge is 1.98. The Morgan fingerprint density at radius 3 is 1.94 bits per heavy atom. The van der Waals surface area contributed by atoms with Gasteiger partial charge in [-0.2, -0.15) is 0 Å². The quantitative estimate of drug-likeness (QED) is 0.782. The number of nitrogens with two attached hydrogens (primary N) is 1. The van der Waals surface area contributed by atoms with Gasteiger partial charge in [0.2, 0.25) is 0 Å². The Bertz CT molecular complexity index is 475. The lowest BCUT2D eigenvalue weighted by molar-refractivity contribution is 1.55. The molecule has 0 unspecified atom stereocenters. The van der Waals surface area contributed by atoms with E-state index >= 15 is 0 Å². The van der Waals surface area contributed by atoms with Crippen LogP contribution < -0.4 is 11.1 Å². The van der Waals surface area contributed by atoms with Crippen LogP contribution in [0.4, 0.5) is 17.1 Å². The Morgan fingerprint density at radius 2 is 1.38 bits per heavy atom. The molecule has 82 valence electrons. The predicted octanol–water partition coefficient (Wildman–Crippen LogP) is 4.32. The van der Waals surface area contributed by atoms with Crippen LogP contribution in [0.5, 0.6) is 0 Å². The van der Waals surface area contributed by atoms with Crippen molar-refractivity contribution in [1.29, 1.82) is 0 Å². The first-order valence-electron chi connectivity index (χ1n) is 4.72. The third-order valence-electron chi connectivity index (χ3n) is 2.06. The van der Waals surface area contributed by atoms with Crippen molar-refractivity contribution in [3.8, 4) is 0 Å². The van der Waals surface area contributed by atoms with Gasteiger partial charge in [0.05, 0.1) is 0 Å². The van der Waals surface area contributed by atoms with E-state index in [2.05, 4.69) is 5.32 Å². The molecule has 0 amide bonds. The van der Waals surface area contributed by atoms with Gasteiger partial charge in [-0.1, -0.05) is 23.2 Å². The van der Waals surface area contributed by atoms with Gasteiger partial charge in [0.1, 0.15) is 0 Å². The van der Waals surface area contributed by atoms with Gasteiger partial charge in [-0.25, -0.2) is 0 Å². The van der Waals surface area contributed by atoms with Crippen LogP contribution in [0.2, 0.25) is 10.0 Å². The number of rotatable bonds is 2. The highest BCUT2D eigenvalue weighted by atomic mass is 35.5. The lowest BCUT2D eigenvalue weighted by Crippen LogP contribution is -1.91. The lowest BCUT2D eigenvalue weighted by atomic mass is 10.2. The average Bonchev–Trinajstić information content (AvgIpc) is 2.20. The molecule has 2 nitrogen and oxygen atoms in total. The third-order valence-corrected chi connectivity index (χ3v) is 2.50. The number of benzene rings is 2. The molecule has 0 aliphatic carbocycles. The standard InChI is InChI=1S/C12H10Cl2N2/c13-8-5-9(14)7-12(6-8)16-11-3-1-10(15)2-4-11/h1-7,16H,15H2. The highest BCUT2D eigenvalue weighted by molar-refractivity contribution is 6.35. The minimum atomic E-state index is 0.602. The zero-order chi connectivity index (χ0) is 11.5. The van der Waals surface area contributed by atoms with Gasteiger partial charge in [-0.05, 0) is 42.5 Å². The zero-order valence-electron chi connectivity index (χ0n) is 8.37. The molecular formula is C12H10Cl2N2. The van der Waals surface area contributed by atoms with Crippen molar-refractivity contribution in [2.45, 2.75) is 0 Å². The highest BCUT2D eigenvalue weighted by Crippen LogP contribution is 2.25. The largest absolute Gasteiger partial charge is 0.399 e. The molecule has 0 aliphatic heterocycles. The van der Waals surface area contributed by atoms with Crippen LogP contribution >= 0.6 is 23.2 Å². The molecule has 0 saturated heterocycles. The van der Waals surface area contributed by atoms with Crippen LogP contribution in [-0.4, -0.2) is 0 Å². The van der Waals surface area contributed by atoms with Gasteiger partial charge in [0.15, 0.2) is 0 Å². The first-order chi connectivity index (χ1) is 7.63. The van der Waals surface area contributed by atoms with Crippen molar-refractivity contribution in [2.75, 3.05) is 11.1 Å². The van der Waals surface area contributed by atoms with E-state index in [1.807, 2.05) is 36.4 Å². The van der Waals surface area contributed by atoms with Crippen LogP contribution in [0.3, 0.4) is 0 Å². The Balaban J connectivity index is 2.23. The van der Waals surface area contributed by atoms with Crippen LogP contribution in [0.15, 0.2) is 42.5 Å². The molecule has 0 fully saturated rings. The molecule has 0 aromatic heterocycles. The van der Waals surface area contributed by atoms with E-state index in [0.29, 0.717) is 10.0 Å². The summed E-state index contributed by atoms with van der Waals surface area (Å²) in [5, 5.41) is 4.39. The fourth-order valence-corrected chi connectivity index (χ4v) is 1.89. The zero-order valence-corrected chi connectivity index (χ0v) is 9.89. The second kappa shape index (κ2) is 4.64. The van der Waals surface area contributed by atoms with Crippen LogP contribution in [-0.2, 0) is 0 Å².